The van der Waals surface area contributed by atoms with E-state index in [4.69, 9.17) is 4.52 Å². The van der Waals surface area contributed by atoms with Gasteiger partial charge in [0.15, 0.2) is 11.5 Å². The minimum Gasteiger partial charge on any atom is -0.504 e. The summed E-state index contributed by atoms with van der Waals surface area (Å²) >= 11 is 0. The number of aromatic hydroxyl groups is 2. The van der Waals surface area contributed by atoms with Crippen molar-refractivity contribution < 1.29 is 19.5 Å². The first-order valence-corrected chi connectivity index (χ1v) is 7.43. The van der Waals surface area contributed by atoms with Gasteiger partial charge in [-0.05, 0) is 30.7 Å². The van der Waals surface area contributed by atoms with E-state index in [0.717, 1.165) is 5.56 Å². The summed E-state index contributed by atoms with van der Waals surface area (Å²) in [5.74, 6) is -0.573. The lowest BCUT2D eigenvalue weighted by atomic mass is 10.1. The van der Waals surface area contributed by atoms with Gasteiger partial charge in [0, 0.05) is 5.56 Å². The van der Waals surface area contributed by atoms with Gasteiger partial charge in [-0.3, -0.25) is 4.79 Å². The molecule has 3 rings (SSSR count). The Balaban J connectivity index is 1.79. The minimum atomic E-state index is -0.461. The highest BCUT2D eigenvalue weighted by Gasteiger charge is 2.21. The van der Waals surface area contributed by atoms with Gasteiger partial charge in [0.05, 0.1) is 6.21 Å². The van der Waals surface area contributed by atoms with Crippen molar-refractivity contribution in [2.75, 3.05) is 0 Å². The maximum absolute atomic E-state index is 12.4. The molecule has 3 N–H and O–H groups in total. The second kappa shape index (κ2) is 6.88. The van der Waals surface area contributed by atoms with Gasteiger partial charge in [0.1, 0.15) is 17.0 Å². The maximum Gasteiger partial charge on any atom is 0.277 e. The molecule has 2 aromatic carbocycles. The average molecular weight is 337 g/mol. The van der Waals surface area contributed by atoms with Gasteiger partial charge in [-0.15, -0.1) is 0 Å². The molecule has 7 heteroatoms. The molecule has 0 spiro atoms. The zero-order chi connectivity index (χ0) is 17.8. The molecular weight excluding hydrogens is 322 g/mol. The molecule has 1 amide bonds. The first kappa shape index (κ1) is 16.3. The molecule has 0 fully saturated rings. The number of carbonyl (C=O) groups is 1. The van der Waals surface area contributed by atoms with Gasteiger partial charge in [-0.2, -0.15) is 5.10 Å². The molecule has 25 heavy (non-hydrogen) atoms. The molecule has 0 unspecified atom stereocenters. The number of carbonyl (C=O) groups excluding carboxylic acids is 1. The van der Waals surface area contributed by atoms with Crippen molar-refractivity contribution >= 4 is 12.1 Å². The van der Waals surface area contributed by atoms with Gasteiger partial charge in [-0.1, -0.05) is 35.5 Å². The quantitative estimate of drug-likeness (QED) is 0.385. The van der Waals surface area contributed by atoms with Crippen LogP contribution in [0.2, 0.25) is 0 Å². The first-order valence-electron chi connectivity index (χ1n) is 7.43. The Morgan fingerprint density at radius 2 is 1.92 bits per heavy atom. The van der Waals surface area contributed by atoms with Gasteiger partial charge >= 0.3 is 0 Å². The van der Waals surface area contributed by atoms with E-state index in [1.807, 2.05) is 30.3 Å². The number of hydrogen-bond acceptors (Lipinski definition) is 6. The number of rotatable bonds is 4. The van der Waals surface area contributed by atoms with Gasteiger partial charge < -0.3 is 14.7 Å². The summed E-state index contributed by atoms with van der Waals surface area (Å²) in [6.45, 7) is 1.65. The fourth-order valence-electron chi connectivity index (χ4n) is 2.27. The number of nitrogens with zero attached hydrogens (tertiary/aromatic N) is 2. The van der Waals surface area contributed by atoms with E-state index in [-0.39, 0.29) is 11.5 Å². The summed E-state index contributed by atoms with van der Waals surface area (Å²) in [7, 11) is 0. The van der Waals surface area contributed by atoms with Crippen LogP contribution in [0, 0.1) is 6.92 Å². The molecule has 1 aromatic heterocycles. The van der Waals surface area contributed by atoms with Crippen molar-refractivity contribution in [3.8, 4) is 22.8 Å². The van der Waals surface area contributed by atoms with Crippen LogP contribution in [-0.2, 0) is 0 Å². The van der Waals surface area contributed by atoms with Crippen LogP contribution in [-0.4, -0.2) is 27.5 Å². The van der Waals surface area contributed by atoms with E-state index >= 15 is 0 Å². The Bertz CT molecular complexity index is 933. The van der Waals surface area contributed by atoms with Crippen LogP contribution in [0.4, 0.5) is 0 Å². The SMILES string of the molecule is Cc1onc(-c2ccccc2)c1C(=O)N/N=C\c1ccc(O)c(O)c1. The third kappa shape index (κ3) is 3.50. The second-order valence-electron chi connectivity index (χ2n) is 5.28. The normalized spacial score (nSPS) is 10.9. The van der Waals surface area contributed by atoms with E-state index in [9.17, 15) is 15.0 Å². The molecule has 7 nitrogen and oxygen atoms in total. The van der Waals surface area contributed by atoms with Crippen molar-refractivity contribution in [3.63, 3.8) is 0 Å². The van der Waals surface area contributed by atoms with Crippen molar-refractivity contribution in [2.45, 2.75) is 6.92 Å². The molecule has 126 valence electrons. The summed E-state index contributed by atoms with van der Waals surface area (Å²) in [4.78, 5) is 12.4. The van der Waals surface area contributed by atoms with Crippen LogP contribution < -0.4 is 5.43 Å². The van der Waals surface area contributed by atoms with Crippen LogP contribution in [0.25, 0.3) is 11.3 Å². The number of hydrazone groups is 1. The van der Waals surface area contributed by atoms with Crippen LogP contribution in [0.1, 0.15) is 21.7 Å². The van der Waals surface area contributed by atoms with E-state index in [1.54, 1.807) is 13.0 Å². The molecule has 0 bridgehead atoms. The van der Waals surface area contributed by atoms with Crippen LogP contribution in [0.5, 0.6) is 11.5 Å². The van der Waals surface area contributed by atoms with Gasteiger partial charge in [0.25, 0.3) is 5.91 Å². The molecule has 0 saturated heterocycles. The molecule has 0 aliphatic rings. The molecule has 0 aliphatic heterocycles. The molecular formula is C18H15N3O4. The summed E-state index contributed by atoms with van der Waals surface area (Å²) in [5.41, 5.74) is 4.42. The highest BCUT2D eigenvalue weighted by molar-refractivity contribution is 6.01. The average Bonchev–Trinajstić information content (AvgIpc) is 3.00. The summed E-state index contributed by atoms with van der Waals surface area (Å²) < 4.78 is 5.14. The number of hydrogen-bond donors (Lipinski definition) is 3. The van der Waals surface area contributed by atoms with Crippen LogP contribution in [0.3, 0.4) is 0 Å². The third-order valence-corrected chi connectivity index (χ3v) is 3.52. The number of nitrogens with one attached hydrogen (secondary N) is 1. The van der Waals surface area contributed by atoms with Crippen molar-refractivity contribution in [1.82, 2.24) is 10.6 Å². The molecule has 0 atom stereocenters. The van der Waals surface area contributed by atoms with Crippen molar-refractivity contribution in [3.05, 3.63) is 65.4 Å². The Labute approximate surface area is 143 Å². The van der Waals surface area contributed by atoms with Gasteiger partial charge in [-0.25, -0.2) is 5.43 Å². The maximum atomic E-state index is 12.4. The smallest absolute Gasteiger partial charge is 0.277 e. The summed E-state index contributed by atoms with van der Waals surface area (Å²) in [6, 6.07) is 13.4. The predicted octanol–water partition coefficient (Wildman–Crippen LogP) is 2.83. The largest absolute Gasteiger partial charge is 0.504 e. The monoisotopic (exact) mass is 337 g/mol. The highest BCUT2D eigenvalue weighted by Crippen LogP contribution is 2.25. The number of aromatic nitrogens is 1. The first-order chi connectivity index (χ1) is 12.1. The number of phenolic OH excluding ortho intramolecular Hbond substituents is 2. The standard InChI is InChI=1S/C18H15N3O4/c1-11-16(17(21-25-11)13-5-3-2-4-6-13)18(24)20-19-10-12-7-8-14(22)15(23)9-12/h2-10,22-23H,1H3,(H,20,24)/b19-10-. The zero-order valence-electron chi connectivity index (χ0n) is 13.3. The Morgan fingerprint density at radius 1 is 1.16 bits per heavy atom. The molecule has 3 aromatic rings. The Kier molecular flexibility index (Phi) is 4.47. The zero-order valence-corrected chi connectivity index (χ0v) is 13.3. The second-order valence-corrected chi connectivity index (χ2v) is 5.28. The Hall–Kier alpha value is -3.61. The topological polar surface area (TPSA) is 108 Å². The van der Waals surface area contributed by atoms with E-state index < -0.39 is 5.91 Å². The lowest BCUT2D eigenvalue weighted by molar-refractivity contribution is 0.0954. The van der Waals surface area contributed by atoms with E-state index in [0.29, 0.717) is 22.6 Å². The van der Waals surface area contributed by atoms with Crippen molar-refractivity contribution in [1.29, 1.82) is 0 Å². The van der Waals surface area contributed by atoms with E-state index in [2.05, 4.69) is 15.7 Å². The lowest BCUT2D eigenvalue weighted by Gasteiger charge is -2.02. The number of amides is 1. The van der Waals surface area contributed by atoms with Gasteiger partial charge in [0.2, 0.25) is 0 Å². The molecule has 0 radical (unpaired) electrons. The number of aryl methyl sites for hydroxylation is 1. The number of benzene rings is 2. The minimum absolute atomic E-state index is 0.228. The Morgan fingerprint density at radius 3 is 2.64 bits per heavy atom. The summed E-state index contributed by atoms with van der Waals surface area (Å²) in [5, 5.41) is 26.5. The lowest BCUT2D eigenvalue weighted by Crippen LogP contribution is -2.18. The molecule has 1 heterocycles. The van der Waals surface area contributed by atoms with Crippen molar-refractivity contribution in [2.24, 2.45) is 5.10 Å². The van der Waals surface area contributed by atoms with Crippen LogP contribution >= 0.6 is 0 Å². The fraction of sp³-hybridized carbons (Fsp3) is 0.0556. The van der Waals surface area contributed by atoms with E-state index in [1.165, 1.54) is 18.3 Å². The third-order valence-electron chi connectivity index (χ3n) is 3.52. The predicted molar refractivity (Wildman–Crippen MR) is 91.5 cm³/mol. The summed E-state index contributed by atoms with van der Waals surface area (Å²) in [6.07, 6.45) is 1.35. The molecule has 0 saturated carbocycles. The van der Waals surface area contributed by atoms with Crippen LogP contribution in [0.15, 0.2) is 58.2 Å². The highest BCUT2D eigenvalue weighted by atomic mass is 16.5. The fourth-order valence-corrected chi connectivity index (χ4v) is 2.27. The number of phenols is 2. The molecule has 0 aliphatic carbocycles.